The van der Waals surface area contributed by atoms with Crippen LogP contribution in [0.25, 0.3) is 0 Å². The Bertz CT molecular complexity index is 417. The van der Waals surface area contributed by atoms with Crippen molar-refractivity contribution in [3.8, 4) is 0 Å². The van der Waals surface area contributed by atoms with Gasteiger partial charge >= 0.3 is 0 Å². The molecular formula is C20H34N2O2. The van der Waals surface area contributed by atoms with Crippen LogP contribution in [0, 0.1) is 11.8 Å². The molecule has 2 aliphatic carbocycles. The van der Waals surface area contributed by atoms with E-state index >= 15 is 0 Å². The molecule has 1 aliphatic heterocycles. The number of hydrogen-bond donors (Lipinski definition) is 0. The van der Waals surface area contributed by atoms with E-state index in [9.17, 15) is 9.59 Å². The molecule has 4 heteroatoms. The normalized spacial score (nSPS) is 24.9. The van der Waals surface area contributed by atoms with E-state index in [0.29, 0.717) is 24.0 Å². The van der Waals surface area contributed by atoms with Crippen molar-refractivity contribution in [3.63, 3.8) is 0 Å². The van der Waals surface area contributed by atoms with E-state index in [2.05, 4.69) is 9.80 Å². The first kappa shape index (κ1) is 17.9. The second-order valence-corrected chi connectivity index (χ2v) is 8.05. The van der Waals surface area contributed by atoms with Crippen molar-refractivity contribution in [2.75, 3.05) is 32.7 Å². The second kappa shape index (κ2) is 8.98. The van der Waals surface area contributed by atoms with Crippen LogP contribution >= 0.6 is 0 Å². The van der Waals surface area contributed by atoms with Crippen LogP contribution in [0.5, 0.6) is 0 Å². The molecule has 0 aromatic rings. The zero-order valence-electron chi connectivity index (χ0n) is 15.2. The van der Waals surface area contributed by atoms with Crippen molar-refractivity contribution < 1.29 is 9.59 Å². The zero-order valence-corrected chi connectivity index (χ0v) is 15.2. The van der Waals surface area contributed by atoms with E-state index in [4.69, 9.17) is 0 Å². The lowest BCUT2D eigenvalue weighted by Gasteiger charge is -2.37. The first-order chi connectivity index (χ1) is 11.7. The predicted molar refractivity (Wildman–Crippen MR) is 95.8 cm³/mol. The molecule has 3 aliphatic rings. The average molecular weight is 335 g/mol. The SMILES string of the molecule is O=C(CCN1CCN(C(=O)C2CCCCC2)CC1)C1CCCCC1. The lowest BCUT2D eigenvalue weighted by Crippen LogP contribution is -2.50. The highest BCUT2D eigenvalue weighted by atomic mass is 16.2. The van der Waals surface area contributed by atoms with Gasteiger partial charge in [0.2, 0.25) is 5.91 Å². The van der Waals surface area contributed by atoms with Crippen LogP contribution in [-0.2, 0) is 9.59 Å². The number of amides is 1. The molecule has 0 N–H and O–H groups in total. The largest absolute Gasteiger partial charge is 0.340 e. The van der Waals surface area contributed by atoms with E-state index in [1.807, 2.05) is 0 Å². The maximum absolute atomic E-state index is 12.6. The van der Waals surface area contributed by atoms with Crippen LogP contribution < -0.4 is 0 Å². The van der Waals surface area contributed by atoms with Crippen molar-refractivity contribution in [2.24, 2.45) is 11.8 Å². The molecule has 1 amide bonds. The summed E-state index contributed by atoms with van der Waals surface area (Å²) in [6.45, 7) is 4.48. The summed E-state index contributed by atoms with van der Waals surface area (Å²) in [6.07, 6.45) is 12.6. The van der Waals surface area contributed by atoms with Crippen LogP contribution in [0.3, 0.4) is 0 Å². The highest BCUT2D eigenvalue weighted by molar-refractivity contribution is 5.81. The summed E-state index contributed by atoms with van der Waals surface area (Å²) in [5.41, 5.74) is 0. The predicted octanol–water partition coefficient (Wildman–Crippen LogP) is 3.25. The molecule has 0 unspecified atom stereocenters. The first-order valence-corrected chi connectivity index (χ1v) is 10.3. The maximum atomic E-state index is 12.6. The van der Waals surface area contributed by atoms with Gasteiger partial charge in [-0.25, -0.2) is 0 Å². The fourth-order valence-corrected chi connectivity index (χ4v) is 4.70. The summed E-state index contributed by atoms with van der Waals surface area (Å²) in [7, 11) is 0. The molecule has 0 radical (unpaired) electrons. The molecule has 1 saturated heterocycles. The summed E-state index contributed by atoms with van der Waals surface area (Å²) < 4.78 is 0. The van der Waals surface area contributed by atoms with Crippen molar-refractivity contribution in [3.05, 3.63) is 0 Å². The Morgan fingerprint density at radius 1 is 0.708 bits per heavy atom. The monoisotopic (exact) mass is 334 g/mol. The molecule has 0 aromatic heterocycles. The van der Waals surface area contributed by atoms with Gasteiger partial charge in [-0.15, -0.1) is 0 Å². The van der Waals surface area contributed by atoms with Gasteiger partial charge in [0.05, 0.1) is 0 Å². The number of carbonyl (C=O) groups excluding carboxylic acids is 2. The molecule has 4 nitrogen and oxygen atoms in total. The molecule has 1 heterocycles. The molecular weight excluding hydrogens is 300 g/mol. The third-order valence-electron chi connectivity index (χ3n) is 6.37. The van der Waals surface area contributed by atoms with Crippen LogP contribution in [0.2, 0.25) is 0 Å². The van der Waals surface area contributed by atoms with Crippen LogP contribution in [0.1, 0.15) is 70.6 Å². The number of hydrogen-bond acceptors (Lipinski definition) is 3. The minimum absolute atomic E-state index is 0.290. The average Bonchev–Trinajstić information content (AvgIpc) is 2.67. The number of piperazine rings is 1. The fourth-order valence-electron chi connectivity index (χ4n) is 4.70. The van der Waals surface area contributed by atoms with Crippen molar-refractivity contribution in [1.82, 2.24) is 9.80 Å². The number of Topliss-reactive ketones (excluding diaryl/α,β-unsaturated/α-hetero) is 1. The van der Waals surface area contributed by atoms with Gasteiger partial charge in [0.1, 0.15) is 5.78 Å². The molecule has 0 atom stereocenters. The minimum Gasteiger partial charge on any atom is -0.340 e. The van der Waals surface area contributed by atoms with Gasteiger partial charge in [0.25, 0.3) is 0 Å². The second-order valence-electron chi connectivity index (χ2n) is 8.05. The van der Waals surface area contributed by atoms with Gasteiger partial charge in [-0.1, -0.05) is 38.5 Å². The van der Waals surface area contributed by atoms with Gasteiger partial charge < -0.3 is 4.90 Å². The summed E-state index contributed by atoms with van der Waals surface area (Å²) in [5.74, 6) is 1.51. The van der Waals surface area contributed by atoms with E-state index in [0.717, 1.165) is 58.4 Å². The topological polar surface area (TPSA) is 40.6 Å². The molecule has 3 fully saturated rings. The highest BCUT2D eigenvalue weighted by Gasteiger charge is 2.29. The molecule has 24 heavy (non-hydrogen) atoms. The Hall–Kier alpha value is -0.900. The van der Waals surface area contributed by atoms with Crippen LogP contribution in [-0.4, -0.2) is 54.2 Å². The standard InChI is InChI=1S/C20H34N2O2/c23-19(17-7-3-1-4-8-17)11-12-21-13-15-22(16-14-21)20(24)18-9-5-2-6-10-18/h17-18H,1-16H2. The third-order valence-corrected chi connectivity index (χ3v) is 6.37. The van der Waals surface area contributed by atoms with E-state index < -0.39 is 0 Å². The van der Waals surface area contributed by atoms with Crippen molar-refractivity contribution in [2.45, 2.75) is 70.6 Å². The van der Waals surface area contributed by atoms with Gasteiger partial charge in [-0.3, -0.25) is 14.5 Å². The summed E-state index contributed by atoms with van der Waals surface area (Å²) in [4.78, 5) is 29.4. The van der Waals surface area contributed by atoms with Gasteiger partial charge in [-0.2, -0.15) is 0 Å². The Morgan fingerprint density at radius 3 is 1.83 bits per heavy atom. The van der Waals surface area contributed by atoms with E-state index in [1.165, 1.54) is 38.5 Å². The Morgan fingerprint density at radius 2 is 1.25 bits per heavy atom. The summed E-state index contributed by atoms with van der Waals surface area (Å²) in [5, 5.41) is 0. The first-order valence-electron chi connectivity index (χ1n) is 10.3. The number of carbonyl (C=O) groups is 2. The number of rotatable bonds is 5. The lowest BCUT2D eigenvalue weighted by molar-refractivity contribution is -0.138. The molecule has 0 aromatic carbocycles. The minimum atomic E-state index is 0.290. The van der Waals surface area contributed by atoms with E-state index in [-0.39, 0.29) is 5.92 Å². The maximum Gasteiger partial charge on any atom is 0.225 e. The molecule has 0 bridgehead atoms. The molecule has 3 rings (SSSR count). The van der Waals surface area contributed by atoms with Gasteiger partial charge in [-0.05, 0) is 25.7 Å². The molecule has 136 valence electrons. The Balaban J connectivity index is 1.35. The van der Waals surface area contributed by atoms with Gasteiger partial charge in [0, 0.05) is 51.0 Å². The van der Waals surface area contributed by atoms with Crippen LogP contribution in [0.4, 0.5) is 0 Å². The van der Waals surface area contributed by atoms with Crippen molar-refractivity contribution >= 4 is 11.7 Å². The number of ketones is 1. The van der Waals surface area contributed by atoms with Crippen LogP contribution in [0.15, 0.2) is 0 Å². The molecule has 0 spiro atoms. The quantitative estimate of drug-likeness (QED) is 0.775. The number of nitrogens with zero attached hydrogens (tertiary/aromatic N) is 2. The zero-order chi connectivity index (χ0) is 16.8. The summed E-state index contributed by atoms with van der Waals surface area (Å²) >= 11 is 0. The highest BCUT2D eigenvalue weighted by Crippen LogP contribution is 2.27. The van der Waals surface area contributed by atoms with Gasteiger partial charge in [0.15, 0.2) is 0 Å². The fraction of sp³-hybridized carbons (Fsp3) is 0.900. The summed E-state index contributed by atoms with van der Waals surface area (Å²) in [6, 6.07) is 0. The Kier molecular flexibility index (Phi) is 6.70. The smallest absolute Gasteiger partial charge is 0.225 e. The lowest BCUT2D eigenvalue weighted by atomic mass is 9.85. The van der Waals surface area contributed by atoms with Crippen molar-refractivity contribution in [1.29, 1.82) is 0 Å². The third kappa shape index (κ3) is 4.81. The molecule has 2 saturated carbocycles. The Labute approximate surface area is 146 Å². The van der Waals surface area contributed by atoms with E-state index in [1.54, 1.807) is 0 Å².